The summed E-state index contributed by atoms with van der Waals surface area (Å²) in [6, 6.07) is 7.74. The van der Waals surface area contributed by atoms with Crippen LogP contribution >= 0.6 is 0 Å². The average molecular weight is 302 g/mol. The summed E-state index contributed by atoms with van der Waals surface area (Å²) in [6.07, 6.45) is 0. The summed E-state index contributed by atoms with van der Waals surface area (Å²) in [5.41, 5.74) is 3.40. The molecule has 2 aromatic rings. The largest absolute Gasteiger partial charge is 0.322 e. The second kappa shape index (κ2) is 7.06. The van der Waals surface area contributed by atoms with Crippen LogP contribution in [0.1, 0.15) is 43.6 Å². The van der Waals surface area contributed by atoms with Gasteiger partial charge in [-0.05, 0) is 37.5 Å². The van der Waals surface area contributed by atoms with E-state index in [1.165, 1.54) is 5.56 Å². The summed E-state index contributed by atoms with van der Waals surface area (Å²) in [5.74, 6) is 0.472. The molecule has 2 amide bonds. The highest BCUT2D eigenvalue weighted by Gasteiger charge is 2.16. The van der Waals surface area contributed by atoms with E-state index in [1.54, 1.807) is 4.90 Å². The average Bonchev–Trinajstić information content (AvgIpc) is 2.90. The number of anilines is 1. The summed E-state index contributed by atoms with van der Waals surface area (Å²) >= 11 is 0. The van der Waals surface area contributed by atoms with Crippen molar-refractivity contribution in [3.05, 3.63) is 41.2 Å². The van der Waals surface area contributed by atoms with E-state index in [1.807, 2.05) is 38.1 Å². The van der Waals surface area contributed by atoms with Gasteiger partial charge in [0, 0.05) is 12.2 Å². The minimum Gasteiger partial charge on any atom is -0.319 e. The maximum Gasteiger partial charge on any atom is 0.322 e. The van der Waals surface area contributed by atoms with E-state index in [-0.39, 0.29) is 6.03 Å². The fourth-order valence-corrected chi connectivity index (χ4v) is 2.05. The highest BCUT2D eigenvalue weighted by atomic mass is 16.6. The Balaban J connectivity index is 2.01. The molecule has 0 radical (unpaired) electrons. The molecule has 22 heavy (non-hydrogen) atoms. The van der Waals surface area contributed by atoms with E-state index in [9.17, 15) is 4.79 Å². The van der Waals surface area contributed by atoms with Gasteiger partial charge in [-0.25, -0.2) is 9.42 Å². The fourth-order valence-electron chi connectivity index (χ4n) is 2.05. The van der Waals surface area contributed by atoms with E-state index in [0.29, 0.717) is 30.4 Å². The lowest BCUT2D eigenvalue weighted by Crippen LogP contribution is -2.34. The van der Waals surface area contributed by atoms with Crippen LogP contribution in [0.2, 0.25) is 0 Å². The van der Waals surface area contributed by atoms with Crippen molar-refractivity contribution in [1.29, 1.82) is 0 Å². The molecule has 0 saturated heterocycles. The lowest BCUT2D eigenvalue weighted by atomic mass is 10.0. The quantitative estimate of drug-likeness (QED) is 0.916. The van der Waals surface area contributed by atoms with Crippen LogP contribution < -0.4 is 5.32 Å². The molecule has 0 bridgehead atoms. The van der Waals surface area contributed by atoms with Crippen LogP contribution in [0.15, 0.2) is 28.9 Å². The molecular weight excluding hydrogens is 280 g/mol. The van der Waals surface area contributed by atoms with Crippen molar-refractivity contribution >= 4 is 11.7 Å². The van der Waals surface area contributed by atoms with Crippen LogP contribution in [0.5, 0.6) is 0 Å². The Labute approximate surface area is 130 Å². The molecule has 0 fully saturated rings. The smallest absolute Gasteiger partial charge is 0.319 e. The molecule has 6 nitrogen and oxygen atoms in total. The summed E-state index contributed by atoms with van der Waals surface area (Å²) < 4.78 is 4.67. The first-order valence-electron chi connectivity index (χ1n) is 7.45. The number of benzene rings is 1. The van der Waals surface area contributed by atoms with Crippen molar-refractivity contribution in [2.45, 2.75) is 40.2 Å². The third kappa shape index (κ3) is 3.84. The van der Waals surface area contributed by atoms with Crippen LogP contribution in [-0.2, 0) is 6.54 Å². The van der Waals surface area contributed by atoms with Crippen LogP contribution in [0.25, 0.3) is 0 Å². The zero-order chi connectivity index (χ0) is 16.1. The number of nitrogens with zero attached hydrogens (tertiary/aromatic N) is 3. The predicted octanol–water partition coefficient (Wildman–Crippen LogP) is 3.56. The third-order valence-electron chi connectivity index (χ3n) is 3.58. The van der Waals surface area contributed by atoms with Gasteiger partial charge in [0.05, 0.1) is 6.54 Å². The van der Waals surface area contributed by atoms with Gasteiger partial charge in [-0.3, -0.25) is 0 Å². The van der Waals surface area contributed by atoms with Gasteiger partial charge < -0.3 is 10.2 Å². The van der Waals surface area contributed by atoms with Gasteiger partial charge in [0.15, 0.2) is 0 Å². The van der Waals surface area contributed by atoms with Crippen molar-refractivity contribution in [2.75, 3.05) is 11.9 Å². The molecule has 1 heterocycles. The standard InChI is InChI=1S/C16H22N4O2/c1-5-20(10-15-12(4)18-22-19-15)16(21)17-14-8-6-13(7-9-14)11(2)3/h6-9,11H,5,10H2,1-4H3,(H,17,21). The Kier molecular flexibility index (Phi) is 5.14. The second-order valence-corrected chi connectivity index (χ2v) is 5.52. The molecule has 1 aromatic heterocycles. The topological polar surface area (TPSA) is 71.3 Å². The van der Waals surface area contributed by atoms with Gasteiger partial charge >= 0.3 is 6.03 Å². The number of carbonyl (C=O) groups excluding carboxylic acids is 1. The molecule has 0 aliphatic rings. The van der Waals surface area contributed by atoms with Crippen molar-refractivity contribution < 1.29 is 9.42 Å². The summed E-state index contributed by atoms with van der Waals surface area (Å²) in [4.78, 5) is 14.0. The molecule has 2 rings (SSSR count). The van der Waals surface area contributed by atoms with E-state index in [0.717, 1.165) is 5.69 Å². The number of aryl methyl sites for hydroxylation is 1. The molecule has 0 unspecified atom stereocenters. The molecule has 0 spiro atoms. The normalized spacial score (nSPS) is 10.8. The number of hydrogen-bond donors (Lipinski definition) is 1. The first-order valence-corrected chi connectivity index (χ1v) is 7.45. The lowest BCUT2D eigenvalue weighted by molar-refractivity contribution is 0.210. The van der Waals surface area contributed by atoms with Crippen molar-refractivity contribution in [3.8, 4) is 0 Å². The third-order valence-corrected chi connectivity index (χ3v) is 3.58. The minimum atomic E-state index is -0.165. The van der Waals surface area contributed by atoms with Crippen LogP contribution in [0, 0.1) is 6.92 Å². The van der Waals surface area contributed by atoms with Gasteiger partial charge in [-0.2, -0.15) is 0 Å². The summed E-state index contributed by atoms with van der Waals surface area (Å²) in [7, 11) is 0. The lowest BCUT2D eigenvalue weighted by Gasteiger charge is -2.20. The van der Waals surface area contributed by atoms with Gasteiger partial charge in [-0.1, -0.05) is 36.3 Å². The van der Waals surface area contributed by atoms with Crippen LogP contribution in [0.3, 0.4) is 0 Å². The Hall–Kier alpha value is -2.37. The number of amides is 2. The molecule has 0 atom stereocenters. The Morgan fingerprint density at radius 3 is 2.45 bits per heavy atom. The van der Waals surface area contributed by atoms with Crippen LogP contribution in [-0.4, -0.2) is 27.8 Å². The number of carbonyl (C=O) groups is 1. The van der Waals surface area contributed by atoms with Crippen molar-refractivity contribution in [3.63, 3.8) is 0 Å². The first-order chi connectivity index (χ1) is 10.5. The molecule has 0 saturated carbocycles. The summed E-state index contributed by atoms with van der Waals surface area (Å²) in [6.45, 7) is 8.96. The summed E-state index contributed by atoms with van der Waals surface area (Å²) in [5, 5.41) is 10.4. The van der Waals surface area contributed by atoms with E-state index < -0.39 is 0 Å². The van der Waals surface area contributed by atoms with Gasteiger partial charge in [-0.15, -0.1) is 0 Å². The minimum absolute atomic E-state index is 0.165. The van der Waals surface area contributed by atoms with E-state index in [4.69, 9.17) is 0 Å². The Morgan fingerprint density at radius 1 is 1.27 bits per heavy atom. The van der Waals surface area contributed by atoms with Crippen molar-refractivity contribution in [2.24, 2.45) is 0 Å². The molecule has 6 heteroatoms. The monoisotopic (exact) mass is 302 g/mol. The SMILES string of the molecule is CCN(Cc1nonc1C)C(=O)Nc1ccc(C(C)C)cc1. The fraction of sp³-hybridized carbons (Fsp3) is 0.438. The number of rotatable bonds is 5. The molecular formula is C16H22N4O2. The molecule has 0 aliphatic heterocycles. The highest BCUT2D eigenvalue weighted by molar-refractivity contribution is 5.89. The second-order valence-electron chi connectivity index (χ2n) is 5.52. The highest BCUT2D eigenvalue weighted by Crippen LogP contribution is 2.17. The number of aromatic nitrogens is 2. The predicted molar refractivity (Wildman–Crippen MR) is 84.7 cm³/mol. The maximum absolute atomic E-state index is 12.3. The number of hydrogen-bond acceptors (Lipinski definition) is 4. The van der Waals surface area contributed by atoms with Gasteiger partial charge in [0.1, 0.15) is 11.4 Å². The first kappa shape index (κ1) is 16.0. The Morgan fingerprint density at radius 2 is 1.95 bits per heavy atom. The van der Waals surface area contributed by atoms with E-state index in [2.05, 4.69) is 34.1 Å². The number of nitrogens with one attached hydrogen (secondary N) is 1. The Bertz CT molecular complexity index is 619. The van der Waals surface area contributed by atoms with Crippen molar-refractivity contribution in [1.82, 2.24) is 15.2 Å². The van der Waals surface area contributed by atoms with Gasteiger partial charge in [0.25, 0.3) is 0 Å². The molecule has 1 N–H and O–H groups in total. The van der Waals surface area contributed by atoms with Gasteiger partial charge in [0.2, 0.25) is 0 Å². The molecule has 0 aliphatic carbocycles. The van der Waals surface area contributed by atoms with Crippen LogP contribution in [0.4, 0.5) is 10.5 Å². The zero-order valence-corrected chi connectivity index (χ0v) is 13.5. The number of urea groups is 1. The van der Waals surface area contributed by atoms with E-state index >= 15 is 0 Å². The molecule has 1 aromatic carbocycles. The maximum atomic E-state index is 12.3. The molecule has 118 valence electrons. The zero-order valence-electron chi connectivity index (χ0n) is 13.5.